The summed E-state index contributed by atoms with van der Waals surface area (Å²) in [7, 11) is 0. The number of esters is 2. The van der Waals surface area contributed by atoms with Crippen LogP contribution in [0.15, 0.2) is 0 Å². The Morgan fingerprint density at radius 2 is 1.33 bits per heavy atom. The number of hydrogen-bond acceptors (Lipinski definition) is 5. The molecule has 5 heteroatoms. The molecular formula is C22H34O5. The third-order valence-electron chi connectivity index (χ3n) is 3.56. The van der Waals surface area contributed by atoms with Gasteiger partial charge in [0.25, 0.3) is 0 Å². The van der Waals surface area contributed by atoms with E-state index in [0.717, 1.165) is 38.5 Å². The van der Waals surface area contributed by atoms with Crippen molar-refractivity contribution >= 4 is 11.9 Å². The Hall–Kier alpha value is -1.98. The minimum Gasteiger partial charge on any atom is -0.453 e. The Balaban J connectivity index is 3.88. The van der Waals surface area contributed by atoms with E-state index in [1.807, 2.05) is 0 Å². The average Bonchev–Trinajstić information content (AvgIpc) is 2.64. The molecule has 0 rings (SSSR count). The number of hydrogen-bond donors (Lipinski definition) is 0. The maximum Gasteiger partial charge on any atom is 0.384 e. The third kappa shape index (κ3) is 17.2. The third-order valence-corrected chi connectivity index (χ3v) is 3.56. The largest absolute Gasteiger partial charge is 0.453 e. The molecule has 0 N–H and O–H groups in total. The smallest absolute Gasteiger partial charge is 0.384 e. The highest BCUT2D eigenvalue weighted by molar-refractivity contribution is 5.88. The summed E-state index contributed by atoms with van der Waals surface area (Å²) in [6, 6.07) is 0. The summed E-state index contributed by atoms with van der Waals surface area (Å²) < 4.78 is 15.7. The van der Waals surface area contributed by atoms with Crippen LogP contribution in [0.1, 0.15) is 79.1 Å². The van der Waals surface area contributed by atoms with Crippen molar-refractivity contribution in [1.82, 2.24) is 0 Å². The second kappa shape index (κ2) is 17.4. The molecule has 152 valence electrons. The molecule has 0 bridgehead atoms. The quantitative estimate of drug-likeness (QED) is 0.222. The van der Waals surface area contributed by atoms with Crippen LogP contribution in [0, 0.1) is 23.7 Å². The molecule has 0 aliphatic rings. The maximum absolute atomic E-state index is 11.6. The van der Waals surface area contributed by atoms with E-state index in [1.54, 1.807) is 13.8 Å². The van der Waals surface area contributed by atoms with Gasteiger partial charge < -0.3 is 14.2 Å². The Morgan fingerprint density at radius 3 is 1.89 bits per heavy atom. The fraction of sp³-hybridized carbons (Fsp3) is 0.727. The van der Waals surface area contributed by atoms with Crippen molar-refractivity contribution in [2.45, 2.75) is 91.3 Å². The van der Waals surface area contributed by atoms with Crippen LogP contribution < -0.4 is 0 Å². The van der Waals surface area contributed by atoms with E-state index < -0.39 is 18.0 Å². The van der Waals surface area contributed by atoms with Crippen molar-refractivity contribution in [3.05, 3.63) is 0 Å². The lowest BCUT2D eigenvalue weighted by molar-refractivity contribution is -0.147. The topological polar surface area (TPSA) is 61.8 Å². The molecule has 27 heavy (non-hydrogen) atoms. The molecule has 0 spiro atoms. The lowest BCUT2D eigenvalue weighted by Crippen LogP contribution is -2.25. The van der Waals surface area contributed by atoms with Crippen molar-refractivity contribution < 1.29 is 23.8 Å². The molecule has 0 aliphatic carbocycles. The van der Waals surface area contributed by atoms with E-state index in [1.165, 1.54) is 0 Å². The van der Waals surface area contributed by atoms with Gasteiger partial charge in [-0.25, -0.2) is 9.59 Å². The van der Waals surface area contributed by atoms with Gasteiger partial charge in [0.1, 0.15) is 12.7 Å². The van der Waals surface area contributed by atoms with Gasteiger partial charge in [0.05, 0.1) is 12.7 Å². The van der Waals surface area contributed by atoms with Gasteiger partial charge in [0.15, 0.2) is 0 Å². The van der Waals surface area contributed by atoms with Crippen LogP contribution in [-0.4, -0.2) is 37.4 Å². The zero-order valence-electron chi connectivity index (χ0n) is 17.3. The van der Waals surface area contributed by atoms with Crippen LogP contribution in [0.5, 0.6) is 0 Å². The number of rotatable bonds is 12. The fourth-order valence-electron chi connectivity index (χ4n) is 2.02. The normalized spacial score (nSPS) is 12.0. The molecule has 0 heterocycles. The molecule has 0 amide bonds. The van der Waals surface area contributed by atoms with Crippen LogP contribution >= 0.6 is 0 Å². The monoisotopic (exact) mass is 378 g/mol. The molecule has 0 saturated heterocycles. The molecule has 2 unspecified atom stereocenters. The van der Waals surface area contributed by atoms with E-state index in [4.69, 9.17) is 14.2 Å². The number of carbonyl (C=O) groups excluding carboxylic acids is 2. The Kier molecular flexibility index (Phi) is 16.2. The van der Waals surface area contributed by atoms with Crippen molar-refractivity contribution in [2.75, 3.05) is 13.2 Å². The summed E-state index contributed by atoms with van der Waals surface area (Å²) in [6.07, 6.45) is 7.15. The van der Waals surface area contributed by atoms with Crippen LogP contribution in [0.25, 0.3) is 0 Å². The van der Waals surface area contributed by atoms with E-state index in [9.17, 15) is 9.59 Å². The van der Waals surface area contributed by atoms with Gasteiger partial charge in [-0.05, 0) is 26.7 Å². The summed E-state index contributed by atoms with van der Waals surface area (Å²) >= 11 is 0. The van der Waals surface area contributed by atoms with Crippen molar-refractivity contribution in [3.8, 4) is 23.7 Å². The summed E-state index contributed by atoms with van der Waals surface area (Å²) in [5.74, 6) is 9.49. The number of ether oxygens (including phenoxy) is 3. The van der Waals surface area contributed by atoms with Gasteiger partial charge >= 0.3 is 11.9 Å². The van der Waals surface area contributed by atoms with E-state index >= 15 is 0 Å². The lowest BCUT2D eigenvalue weighted by Gasteiger charge is -2.16. The number of carbonyl (C=O) groups is 2. The molecule has 0 radical (unpaired) electrons. The molecule has 5 nitrogen and oxygen atoms in total. The van der Waals surface area contributed by atoms with Crippen LogP contribution in [0.4, 0.5) is 0 Å². The van der Waals surface area contributed by atoms with Crippen molar-refractivity contribution in [1.29, 1.82) is 0 Å². The minimum absolute atomic E-state index is 0.111. The second-order valence-corrected chi connectivity index (χ2v) is 6.48. The molecule has 2 atom stereocenters. The number of unbranched alkanes of at least 4 members (excludes halogenated alkanes) is 6. The fourth-order valence-corrected chi connectivity index (χ4v) is 2.02. The van der Waals surface area contributed by atoms with E-state index in [2.05, 4.69) is 37.5 Å². The van der Waals surface area contributed by atoms with Crippen molar-refractivity contribution in [2.24, 2.45) is 0 Å². The minimum atomic E-state index is -0.542. The zero-order chi connectivity index (χ0) is 20.3. The first-order valence-electron chi connectivity index (χ1n) is 9.96. The predicted octanol–water partition coefficient (Wildman–Crippen LogP) is 4.03. The summed E-state index contributed by atoms with van der Waals surface area (Å²) in [5.41, 5.74) is 0. The standard InChI is InChI=1S/C22H34O5/c1-5-7-9-11-13-15-21(23)26-17-19(3)25-18-20(4)27-22(24)16-14-12-10-8-6-2/h19-20H,5-12,17-18H2,1-4H3. The molecule has 0 aromatic heterocycles. The first-order chi connectivity index (χ1) is 13.0. The van der Waals surface area contributed by atoms with Gasteiger partial charge in [0.2, 0.25) is 0 Å². The first-order valence-corrected chi connectivity index (χ1v) is 9.96. The van der Waals surface area contributed by atoms with Gasteiger partial charge in [-0.15, -0.1) is 0 Å². The predicted molar refractivity (Wildman–Crippen MR) is 106 cm³/mol. The first kappa shape index (κ1) is 25.0. The van der Waals surface area contributed by atoms with Gasteiger partial charge in [0, 0.05) is 24.7 Å². The van der Waals surface area contributed by atoms with Crippen LogP contribution in [0.3, 0.4) is 0 Å². The Bertz CT molecular complexity index is 532. The SMILES string of the molecule is CCCCCC#CC(=O)OCC(C)OCC(C)OC(=O)C#CCCCCC. The molecule has 0 fully saturated rings. The van der Waals surface area contributed by atoms with E-state index in [0.29, 0.717) is 12.8 Å². The zero-order valence-corrected chi connectivity index (χ0v) is 17.3. The van der Waals surface area contributed by atoms with Crippen LogP contribution in [0.2, 0.25) is 0 Å². The van der Waals surface area contributed by atoms with Gasteiger partial charge in [-0.3, -0.25) is 0 Å². The van der Waals surface area contributed by atoms with Gasteiger partial charge in [-0.1, -0.05) is 51.4 Å². The summed E-state index contributed by atoms with van der Waals surface area (Å²) in [5, 5.41) is 0. The van der Waals surface area contributed by atoms with Crippen molar-refractivity contribution in [3.63, 3.8) is 0 Å². The van der Waals surface area contributed by atoms with E-state index in [-0.39, 0.29) is 19.3 Å². The molecule has 0 saturated carbocycles. The maximum atomic E-state index is 11.6. The Labute approximate surface area is 164 Å². The molecular weight excluding hydrogens is 344 g/mol. The highest BCUT2D eigenvalue weighted by Gasteiger charge is 2.11. The highest BCUT2D eigenvalue weighted by Crippen LogP contribution is 2.00. The van der Waals surface area contributed by atoms with Crippen LogP contribution in [-0.2, 0) is 23.8 Å². The summed E-state index contributed by atoms with van der Waals surface area (Å²) in [4.78, 5) is 23.1. The molecule has 0 aromatic rings. The highest BCUT2D eigenvalue weighted by atomic mass is 16.6. The average molecular weight is 379 g/mol. The Morgan fingerprint density at radius 1 is 0.778 bits per heavy atom. The lowest BCUT2D eigenvalue weighted by atomic mass is 10.2. The molecule has 0 aromatic carbocycles. The summed E-state index contributed by atoms with van der Waals surface area (Å²) in [6.45, 7) is 8.08. The second-order valence-electron chi connectivity index (χ2n) is 6.48. The molecule has 0 aliphatic heterocycles. The van der Waals surface area contributed by atoms with Gasteiger partial charge in [-0.2, -0.15) is 0 Å².